The van der Waals surface area contributed by atoms with Gasteiger partial charge in [-0.1, -0.05) is 29.3 Å². The molecule has 8 heteroatoms. The predicted octanol–water partition coefficient (Wildman–Crippen LogP) is 3.13. The van der Waals surface area contributed by atoms with Gasteiger partial charge in [0.05, 0.1) is 4.92 Å². The van der Waals surface area contributed by atoms with Gasteiger partial charge in [0, 0.05) is 17.4 Å². The molecule has 0 heterocycles. The van der Waals surface area contributed by atoms with Gasteiger partial charge >= 0.3 is 11.8 Å². The van der Waals surface area contributed by atoms with Crippen molar-refractivity contribution in [3.63, 3.8) is 0 Å². The number of nitrogens with zero attached hydrogens (tertiary/aromatic N) is 1. The van der Waals surface area contributed by atoms with E-state index in [2.05, 4.69) is 10.6 Å². The van der Waals surface area contributed by atoms with Crippen LogP contribution in [0.5, 0.6) is 0 Å². The van der Waals surface area contributed by atoms with Gasteiger partial charge in [-0.2, -0.15) is 0 Å². The van der Waals surface area contributed by atoms with Gasteiger partial charge in [-0.3, -0.25) is 19.7 Å². The number of amides is 2. The summed E-state index contributed by atoms with van der Waals surface area (Å²) in [7, 11) is 0. The van der Waals surface area contributed by atoms with Crippen LogP contribution in [-0.2, 0) is 9.59 Å². The van der Waals surface area contributed by atoms with E-state index in [-0.39, 0.29) is 16.4 Å². The first-order chi connectivity index (χ1) is 10.9. The van der Waals surface area contributed by atoms with E-state index in [1.165, 1.54) is 12.1 Å². The Balaban J connectivity index is 2.06. The lowest BCUT2D eigenvalue weighted by atomic mass is 10.2. The van der Waals surface area contributed by atoms with Crippen LogP contribution < -0.4 is 10.6 Å². The Labute approximate surface area is 136 Å². The van der Waals surface area contributed by atoms with Crippen LogP contribution in [0.4, 0.5) is 17.1 Å². The number of benzene rings is 2. The largest absolute Gasteiger partial charge is 0.318 e. The van der Waals surface area contributed by atoms with E-state index < -0.39 is 16.7 Å². The molecular weight excluding hydrogens is 322 g/mol. The lowest BCUT2D eigenvalue weighted by Gasteiger charge is -2.07. The highest BCUT2D eigenvalue weighted by Gasteiger charge is 2.17. The summed E-state index contributed by atoms with van der Waals surface area (Å²) in [6, 6.07) is 10.6. The van der Waals surface area contributed by atoms with Crippen LogP contribution in [0.3, 0.4) is 0 Å². The molecular formula is C15H12ClN3O4. The molecule has 0 radical (unpaired) electrons. The molecule has 2 amide bonds. The summed E-state index contributed by atoms with van der Waals surface area (Å²) in [6.45, 7) is 1.89. The van der Waals surface area contributed by atoms with Gasteiger partial charge in [0.1, 0.15) is 5.02 Å². The van der Waals surface area contributed by atoms with Crippen molar-refractivity contribution in [1.82, 2.24) is 0 Å². The van der Waals surface area contributed by atoms with Gasteiger partial charge in [-0.05, 0) is 31.2 Å². The second kappa shape index (κ2) is 6.89. The van der Waals surface area contributed by atoms with Crippen LogP contribution in [0.1, 0.15) is 5.56 Å². The molecule has 2 N–H and O–H groups in total. The first-order valence-electron chi connectivity index (χ1n) is 6.50. The second-order valence-corrected chi connectivity index (χ2v) is 5.10. The maximum absolute atomic E-state index is 11.8. The standard InChI is InChI=1S/C15H12ClN3O4/c1-9-2-4-10(5-3-9)17-14(20)15(21)18-11-6-7-12(16)13(8-11)19(22)23/h2-8H,1H3,(H,17,20)(H,18,21). The van der Waals surface area contributed by atoms with Crippen molar-refractivity contribution in [2.45, 2.75) is 6.92 Å². The first-order valence-corrected chi connectivity index (χ1v) is 6.87. The van der Waals surface area contributed by atoms with E-state index in [0.29, 0.717) is 5.69 Å². The molecule has 0 spiro atoms. The molecule has 7 nitrogen and oxygen atoms in total. The number of rotatable bonds is 3. The van der Waals surface area contributed by atoms with Gasteiger partial charge < -0.3 is 10.6 Å². The fourth-order valence-electron chi connectivity index (χ4n) is 1.74. The molecule has 0 unspecified atom stereocenters. The molecule has 0 fully saturated rings. The monoisotopic (exact) mass is 333 g/mol. The second-order valence-electron chi connectivity index (χ2n) is 4.70. The van der Waals surface area contributed by atoms with Crippen molar-refractivity contribution in [2.24, 2.45) is 0 Å². The highest BCUT2D eigenvalue weighted by Crippen LogP contribution is 2.27. The van der Waals surface area contributed by atoms with Gasteiger partial charge in [-0.15, -0.1) is 0 Å². The molecule has 2 aromatic rings. The molecule has 0 saturated heterocycles. The van der Waals surface area contributed by atoms with Crippen molar-refractivity contribution < 1.29 is 14.5 Å². The molecule has 0 aliphatic rings. The molecule has 0 aromatic heterocycles. The third-order valence-corrected chi connectivity index (χ3v) is 3.24. The zero-order chi connectivity index (χ0) is 17.0. The summed E-state index contributed by atoms with van der Waals surface area (Å²) in [5.41, 5.74) is 1.23. The zero-order valence-electron chi connectivity index (χ0n) is 12.0. The van der Waals surface area contributed by atoms with Gasteiger partial charge in [0.25, 0.3) is 5.69 Å². The van der Waals surface area contributed by atoms with Crippen molar-refractivity contribution in [3.8, 4) is 0 Å². The zero-order valence-corrected chi connectivity index (χ0v) is 12.8. The number of nitrogens with one attached hydrogen (secondary N) is 2. The number of carbonyl (C=O) groups excluding carboxylic acids is 2. The van der Waals surface area contributed by atoms with Crippen LogP contribution in [0, 0.1) is 17.0 Å². The van der Waals surface area contributed by atoms with Gasteiger partial charge in [0.15, 0.2) is 0 Å². The van der Waals surface area contributed by atoms with Crippen molar-refractivity contribution in [3.05, 3.63) is 63.2 Å². The average molecular weight is 334 g/mol. The normalized spacial score (nSPS) is 10.0. The number of halogens is 1. The van der Waals surface area contributed by atoms with Gasteiger partial charge in [-0.25, -0.2) is 0 Å². The number of aryl methyl sites for hydroxylation is 1. The molecule has 23 heavy (non-hydrogen) atoms. The maximum Gasteiger partial charge on any atom is 0.314 e. The summed E-state index contributed by atoms with van der Waals surface area (Å²) in [5, 5.41) is 15.4. The summed E-state index contributed by atoms with van der Waals surface area (Å²) >= 11 is 5.68. The molecule has 0 saturated carbocycles. The lowest BCUT2D eigenvalue weighted by molar-refractivity contribution is -0.384. The quantitative estimate of drug-likeness (QED) is 0.511. The molecule has 118 valence electrons. The molecule has 2 rings (SSSR count). The average Bonchev–Trinajstić information content (AvgIpc) is 2.51. The summed E-state index contributed by atoms with van der Waals surface area (Å²) in [5.74, 6) is -1.83. The van der Waals surface area contributed by atoms with E-state index in [1.807, 2.05) is 6.92 Å². The summed E-state index contributed by atoms with van der Waals surface area (Å²) < 4.78 is 0. The van der Waals surface area contributed by atoms with Crippen LogP contribution in [-0.4, -0.2) is 16.7 Å². The number of hydrogen-bond donors (Lipinski definition) is 2. The number of carbonyl (C=O) groups is 2. The fourth-order valence-corrected chi connectivity index (χ4v) is 1.93. The van der Waals surface area contributed by atoms with E-state index in [1.54, 1.807) is 24.3 Å². The highest BCUT2D eigenvalue weighted by atomic mass is 35.5. The Bertz CT molecular complexity index is 775. The van der Waals surface area contributed by atoms with E-state index in [0.717, 1.165) is 11.6 Å². The molecule has 0 atom stereocenters. The minimum atomic E-state index is -0.942. The minimum absolute atomic E-state index is 0.0582. The molecule has 0 aliphatic carbocycles. The third-order valence-electron chi connectivity index (χ3n) is 2.92. The number of nitro groups is 1. The van der Waals surface area contributed by atoms with Crippen molar-refractivity contribution >= 4 is 40.5 Å². The third kappa shape index (κ3) is 4.27. The Morgan fingerprint density at radius 2 is 1.52 bits per heavy atom. The number of nitro benzene ring substituents is 1. The highest BCUT2D eigenvalue weighted by molar-refractivity contribution is 6.43. The van der Waals surface area contributed by atoms with Crippen LogP contribution in [0.15, 0.2) is 42.5 Å². The Hall–Kier alpha value is -2.93. The number of hydrogen-bond acceptors (Lipinski definition) is 4. The van der Waals surface area contributed by atoms with E-state index in [4.69, 9.17) is 11.6 Å². The summed E-state index contributed by atoms with van der Waals surface area (Å²) in [6.07, 6.45) is 0. The van der Waals surface area contributed by atoms with Crippen molar-refractivity contribution in [2.75, 3.05) is 10.6 Å². The fraction of sp³-hybridized carbons (Fsp3) is 0.0667. The summed E-state index contributed by atoms with van der Waals surface area (Å²) in [4.78, 5) is 33.7. The molecule has 0 aliphatic heterocycles. The topological polar surface area (TPSA) is 101 Å². The van der Waals surface area contributed by atoms with Crippen LogP contribution in [0.25, 0.3) is 0 Å². The smallest absolute Gasteiger partial charge is 0.314 e. The minimum Gasteiger partial charge on any atom is -0.318 e. The predicted molar refractivity (Wildman–Crippen MR) is 86.5 cm³/mol. The maximum atomic E-state index is 11.8. The van der Waals surface area contributed by atoms with Crippen LogP contribution in [0.2, 0.25) is 5.02 Å². The Morgan fingerprint density at radius 3 is 2.09 bits per heavy atom. The lowest BCUT2D eigenvalue weighted by Crippen LogP contribution is -2.29. The Morgan fingerprint density at radius 1 is 1.00 bits per heavy atom. The van der Waals surface area contributed by atoms with Gasteiger partial charge in [0.2, 0.25) is 0 Å². The number of anilines is 2. The van der Waals surface area contributed by atoms with E-state index in [9.17, 15) is 19.7 Å². The molecule has 0 bridgehead atoms. The van der Waals surface area contributed by atoms with Crippen LogP contribution >= 0.6 is 11.6 Å². The van der Waals surface area contributed by atoms with E-state index >= 15 is 0 Å². The van der Waals surface area contributed by atoms with Crippen molar-refractivity contribution in [1.29, 1.82) is 0 Å². The molecule has 2 aromatic carbocycles. The first kappa shape index (κ1) is 16.4. The SMILES string of the molecule is Cc1ccc(NC(=O)C(=O)Nc2ccc(Cl)c([N+](=O)[O-])c2)cc1. The Kier molecular flexibility index (Phi) is 4.92.